The van der Waals surface area contributed by atoms with E-state index in [0.29, 0.717) is 22.1 Å². The van der Waals surface area contributed by atoms with Crippen molar-refractivity contribution in [1.82, 2.24) is 19.7 Å². The number of hydrogen-bond donors (Lipinski definition) is 3. The molecule has 0 saturated carbocycles. The van der Waals surface area contributed by atoms with E-state index >= 15 is 0 Å². The smallest absolute Gasteiger partial charge is 0.323 e. The van der Waals surface area contributed by atoms with E-state index in [-0.39, 0.29) is 23.7 Å². The van der Waals surface area contributed by atoms with Crippen molar-refractivity contribution in [1.29, 1.82) is 0 Å². The molecular formula is C17H13N5O3. The van der Waals surface area contributed by atoms with Crippen molar-refractivity contribution in [2.45, 2.75) is 6.54 Å². The molecule has 0 fully saturated rings. The van der Waals surface area contributed by atoms with E-state index in [1.165, 1.54) is 0 Å². The van der Waals surface area contributed by atoms with Gasteiger partial charge in [0.15, 0.2) is 0 Å². The van der Waals surface area contributed by atoms with Crippen LogP contribution in [-0.2, 0) is 11.3 Å². The molecule has 8 heteroatoms. The summed E-state index contributed by atoms with van der Waals surface area (Å²) in [6, 6.07) is 12.1. The molecule has 4 rings (SSSR count). The second-order valence-corrected chi connectivity index (χ2v) is 5.58. The van der Waals surface area contributed by atoms with Crippen molar-refractivity contribution >= 4 is 33.4 Å². The molecule has 4 aromatic rings. The number of nitrogens with one attached hydrogen (secondary N) is 3. The molecule has 0 spiro atoms. The molecule has 0 aliphatic heterocycles. The summed E-state index contributed by atoms with van der Waals surface area (Å²) in [5, 5.41) is 7.96. The number of aromatic amines is 2. The highest BCUT2D eigenvalue weighted by atomic mass is 16.2. The summed E-state index contributed by atoms with van der Waals surface area (Å²) in [5.74, 6) is -0.387. The van der Waals surface area contributed by atoms with Gasteiger partial charge in [-0.2, -0.15) is 5.10 Å². The Hall–Kier alpha value is -3.68. The summed E-state index contributed by atoms with van der Waals surface area (Å²) in [6.07, 6.45) is 1.56. The van der Waals surface area contributed by atoms with E-state index in [2.05, 4.69) is 20.4 Å². The third kappa shape index (κ3) is 2.80. The molecule has 2 heterocycles. The first-order chi connectivity index (χ1) is 12.1. The topological polar surface area (TPSA) is 113 Å². The number of amides is 1. The summed E-state index contributed by atoms with van der Waals surface area (Å²) >= 11 is 0. The number of H-pyrrole nitrogens is 2. The number of carbonyl (C=O) groups excluding carboxylic acids is 1. The molecule has 8 nitrogen and oxygen atoms in total. The van der Waals surface area contributed by atoms with Crippen molar-refractivity contribution in [3.8, 4) is 0 Å². The minimum Gasteiger partial charge on any atom is -0.324 e. The molecule has 0 atom stereocenters. The van der Waals surface area contributed by atoms with Gasteiger partial charge >= 0.3 is 5.69 Å². The van der Waals surface area contributed by atoms with Crippen LogP contribution in [0, 0.1) is 0 Å². The van der Waals surface area contributed by atoms with Gasteiger partial charge in [0.2, 0.25) is 5.91 Å². The number of rotatable bonds is 3. The maximum Gasteiger partial charge on any atom is 0.323 e. The first kappa shape index (κ1) is 14.9. The van der Waals surface area contributed by atoms with Gasteiger partial charge in [-0.05, 0) is 24.3 Å². The van der Waals surface area contributed by atoms with Gasteiger partial charge in [-0.15, -0.1) is 0 Å². The monoisotopic (exact) mass is 335 g/mol. The lowest BCUT2D eigenvalue weighted by Gasteiger charge is -2.07. The molecule has 25 heavy (non-hydrogen) atoms. The van der Waals surface area contributed by atoms with Crippen LogP contribution in [0.1, 0.15) is 0 Å². The van der Waals surface area contributed by atoms with Crippen LogP contribution in [-0.4, -0.2) is 25.7 Å². The first-order valence-corrected chi connectivity index (χ1v) is 7.57. The van der Waals surface area contributed by atoms with Gasteiger partial charge in [0.1, 0.15) is 6.54 Å². The molecule has 3 N–H and O–H groups in total. The fraction of sp³-hybridized carbons (Fsp3) is 0.0588. The van der Waals surface area contributed by atoms with E-state index < -0.39 is 0 Å². The fourth-order valence-corrected chi connectivity index (χ4v) is 2.69. The van der Waals surface area contributed by atoms with E-state index in [4.69, 9.17) is 0 Å². The number of hydrogen-bond acceptors (Lipinski definition) is 4. The van der Waals surface area contributed by atoms with Crippen molar-refractivity contribution < 1.29 is 4.79 Å². The molecule has 0 bridgehead atoms. The minimum absolute atomic E-state index is 0.203. The van der Waals surface area contributed by atoms with Crippen LogP contribution in [0.5, 0.6) is 0 Å². The van der Waals surface area contributed by atoms with Crippen LogP contribution >= 0.6 is 0 Å². The third-order valence-electron chi connectivity index (χ3n) is 3.85. The summed E-state index contributed by atoms with van der Waals surface area (Å²) in [6.45, 7) is -0.203. The quantitative estimate of drug-likeness (QED) is 0.522. The van der Waals surface area contributed by atoms with Crippen LogP contribution in [0.15, 0.2) is 58.3 Å². The Kier molecular flexibility index (Phi) is 3.42. The molecule has 0 aliphatic carbocycles. The highest BCUT2D eigenvalue weighted by Gasteiger charge is 2.09. The lowest BCUT2D eigenvalue weighted by molar-refractivity contribution is -0.117. The molecule has 0 saturated heterocycles. The Morgan fingerprint density at radius 3 is 2.76 bits per heavy atom. The zero-order valence-corrected chi connectivity index (χ0v) is 12.9. The number of anilines is 1. The van der Waals surface area contributed by atoms with Gasteiger partial charge in [-0.3, -0.25) is 9.59 Å². The van der Waals surface area contributed by atoms with E-state index in [1.807, 2.05) is 6.07 Å². The van der Waals surface area contributed by atoms with Gasteiger partial charge in [-0.25, -0.2) is 9.48 Å². The number of imidazole rings is 1. The number of carbonyl (C=O) groups is 1. The molecule has 0 aliphatic rings. The van der Waals surface area contributed by atoms with E-state index in [1.54, 1.807) is 42.6 Å². The second kappa shape index (κ2) is 5.75. The largest absolute Gasteiger partial charge is 0.324 e. The zero-order chi connectivity index (χ0) is 17.4. The van der Waals surface area contributed by atoms with Crippen LogP contribution in [0.3, 0.4) is 0 Å². The Morgan fingerprint density at radius 2 is 1.88 bits per heavy atom. The van der Waals surface area contributed by atoms with Crippen LogP contribution < -0.4 is 16.6 Å². The van der Waals surface area contributed by atoms with Crippen LogP contribution in [0.25, 0.3) is 21.8 Å². The van der Waals surface area contributed by atoms with E-state index in [9.17, 15) is 14.4 Å². The Balaban J connectivity index is 1.58. The minimum atomic E-state index is -0.387. The van der Waals surface area contributed by atoms with Crippen LogP contribution in [0.4, 0.5) is 5.69 Å². The van der Waals surface area contributed by atoms with Crippen LogP contribution in [0.2, 0.25) is 0 Å². The summed E-state index contributed by atoms with van der Waals surface area (Å²) in [5.41, 5.74) is 1.12. The lowest BCUT2D eigenvalue weighted by Crippen LogP contribution is -2.29. The molecular weight excluding hydrogens is 322 g/mol. The van der Waals surface area contributed by atoms with E-state index in [0.717, 1.165) is 10.1 Å². The predicted octanol–water partition coefficient (Wildman–Crippen LogP) is 1.20. The third-order valence-corrected chi connectivity index (χ3v) is 3.85. The number of fused-ring (bicyclic) bond motifs is 2. The normalized spacial score (nSPS) is 11.0. The molecule has 0 unspecified atom stereocenters. The SMILES string of the molecule is O=C(Cn1ncc2ccccc2c1=O)Nc1ccc2[nH]c(=O)[nH]c2c1. The van der Waals surface area contributed by atoms with Crippen molar-refractivity contribution in [2.75, 3.05) is 5.32 Å². The molecule has 2 aromatic carbocycles. The highest BCUT2D eigenvalue weighted by Crippen LogP contribution is 2.14. The molecule has 124 valence electrons. The molecule has 2 aromatic heterocycles. The molecule has 0 radical (unpaired) electrons. The van der Waals surface area contributed by atoms with Crippen molar-refractivity contribution in [3.05, 3.63) is 69.5 Å². The maximum atomic E-state index is 12.4. The summed E-state index contributed by atoms with van der Waals surface area (Å²) in [7, 11) is 0. The molecule has 1 amide bonds. The van der Waals surface area contributed by atoms with Gasteiger partial charge < -0.3 is 15.3 Å². The summed E-state index contributed by atoms with van der Waals surface area (Å²) < 4.78 is 1.12. The maximum absolute atomic E-state index is 12.4. The highest BCUT2D eigenvalue weighted by molar-refractivity contribution is 5.93. The average Bonchev–Trinajstić information content (AvgIpc) is 2.97. The van der Waals surface area contributed by atoms with Gasteiger partial charge in [0, 0.05) is 11.1 Å². The summed E-state index contributed by atoms with van der Waals surface area (Å²) in [4.78, 5) is 41.1. The first-order valence-electron chi connectivity index (χ1n) is 7.57. The Bertz CT molecular complexity index is 1220. The lowest BCUT2D eigenvalue weighted by atomic mass is 10.2. The zero-order valence-electron chi connectivity index (χ0n) is 12.9. The Labute approximate surface area is 140 Å². The average molecular weight is 335 g/mol. The van der Waals surface area contributed by atoms with Crippen molar-refractivity contribution in [3.63, 3.8) is 0 Å². The number of aromatic nitrogens is 4. The Morgan fingerprint density at radius 1 is 1.08 bits per heavy atom. The predicted molar refractivity (Wildman–Crippen MR) is 93.6 cm³/mol. The standard InChI is InChI=1S/C17H13N5O3/c23-15(19-11-5-6-13-14(7-11)21-17(25)20-13)9-22-16(24)12-4-2-1-3-10(12)8-18-22/h1-8H,9H2,(H,19,23)(H2,20,21,25). The van der Waals surface area contributed by atoms with Gasteiger partial charge in [0.05, 0.1) is 22.6 Å². The van der Waals surface area contributed by atoms with Gasteiger partial charge in [0.25, 0.3) is 5.56 Å². The fourth-order valence-electron chi connectivity index (χ4n) is 2.69. The number of benzene rings is 2. The second-order valence-electron chi connectivity index (χ2n) is 5.58. The van der Waals surface area contributed by atoms with Crippen molar-refractivity contribution in [2.24, 2.45) is 0 Å². The van der Waals surface area contributed by atoms with Gasteiger partial charge in [-0.1, -0.05) is 18.2 Å². The number of nitrogens with zero attached hydrogens (tertiary/aromatic N) is 2.